The highest BCUT2D eigenvalue weighted by Gasteiger charge is 2.58. The number of rotatable bonds is 7. The van der Waals surface area contributed by atoms with Crippen LogP contribution in [-0.4, -0.2) is 49.4 Å². The van der Waals surface area contributed by atoms with Crippen LogP contribution in [0.15, 0.2) is 53.9 Å². The molecule has 0 radical (unpaired) electrons. The molecule has 6 rings (SSSR count). The van der Waals surface area contributed by atoms with E-state index in [0.717, 1.165) is 35.7 Å². The van der Waals surface area contributed by atoms with E-state index < -0.39 is 53.2 Å². The summed E-state index contributed by atoms with van der Waals surface area (Å²) in [6.45, 7) is -0.293. The van der Waals surface area contributed by atoms with Gasteiger partial charge in [0.1, 0.15) is 23.5 Å². The quantitative estimate of drug-likeness (QED) is 0.334. The molecule has 0 spiro atoms. The van der Waals surface area contributed by atoms with Crippen molar-refractivity contribution in [3.63, 3.8) is 0 Å². The summed E-state index contributed by atoms with van der Waals surface area (Å²) >= 11 is 0. The van der Waals surface area contributed by atoms with E-state index in [9.17, 15) is 40.3 Å². The Morgan fingerprint density at radius 2 is 1.82 bits per heavy atom. The Hall–Kier alpha value is -4.83. The minimum atomic E-state index is -5.10. The van der Waals surface area contributed by atoms with E-state index >= 15 is 0 Å². The number of nitrogens with zero attached hydrogens (tertiary/aromatic N) is 4. The number of alkyl halides is 6. The number of allylic oxidation sites excluding steroid dienone is 2. The standard InChI is InChI=1S/C27H20F7N7O3/c28-16-3-1-12(5-20(16)44-27(32,33)34)10-35-21(42)18-7-19(37-11-36-18)22(43)38-17-4-2-13-8-25(9-14(25)6-15(13)17)23-39-24(41-40-23)26(29,30)31/h1,3,5-8,11,14,17H,2,4,9-10H2,(H,35,42)(H,38,43)(H,39,40,41)/t14-,17-,25?/m1/s1. The van der Waals surface area contributed by atoms with Gasteiger partial charge in [-0.3, -0.25) is 14.7 Å². The zero-order valence-electron chi connectivity index (χ0n) is 22.2. The molecule has 3 aromatic rings. The summed E-state index contributed by atoms with van der Waals surface area (Å²) in [4.78, 5) is 37.1. The monoisotopic (exact) mass is 623 g/mol. The van der Waals surface area contributed by atoms with Crippen LogP contribution in [0.25, 0.3) is 0 Å². The number of amides is 2. The summed E-state index contributed by atoms with van der Waals surface area (Å²) in [5.74, 6) is -4.84. The molecule has 0 aliphatic heterocycles. The second-order valence-electron chi connectivity index (χ2n) is 10.5. The first-order valence-corrected chi connectivity index (χ1v) is 13.1. The Morgan fingerprint density at radius 1 is 1.07 bits per heavy atom. The number of ether oxygens (including phenoxy) is 1. The molecule has 0 bridgehead atoms. The predicted molar refractivity (Wildman–Crippen MR) is 134 cm³/mol. The molecular weight excluding hydrogens is 603 g/mol. The van der Waals surface area contributed by atoms with Gasteiger partial charge in [0.2, 0.25) is 0 Å². The number of carbonyl (C=O) groups excluding carboxylic acids is 2. The number of halogens is 7. The summed E-state index contributed by atoms with van der Waals surface area (Å²) < 4.78 is 93.7. The number of nitrogens with one attached hydrogen (secondary N) is 3. The molecule has 2 saturated carbocycles. The zero-order chi connectivity index (χ0) is 31.4. The summed E-state index contributed by atoms with van der Waals surface area (Å²) in [7, 11) is 0. The van der Waals surface area contributed by atoms with Gasteiger partial charge in [-0.05, 0) is 54.0 Å². The van der Waals surface area contributed by atoms with Gasteiger partial charge >= 0.3 is 12.5 Å². The second-order valence-corrected chi connectivity index (χ2v) is 10.5. The van der Waals surface area contributed by atoms with Crippen molar-refractivity contribution >= 4 is 11.8 Å². The number of aromatic nitrogens is 5. The van der Waals surface area contributed by atoms with Crippen LogP contribution in [0.2, 0.25) is 0 Å². The molecule has 1 aromatic carbocycles. The van der Waals surface area contributed by atoms with Crippen LogP contribution in [-0.2, 0) is 18.1 Å². The van der Waals surface area contributed by atoms with Crippen molar-refractivity contribution in [3.05, 3.63) is 88.3 Å². The molecule has 2 fully saturated rings. The minimum Gasteiger partial charge on any atom is -0.403 e. The molecule has 1 unspecified atom stereocenters. The number of fused-ring (bicyclic) bond motifs is 2. The fraction of sp³-hybridized carbons (Fsp3) is 0.333. The number of carbonyl (C=O) groups is 2. The molecule has 44 heavy (non-hydrogen) atoms. The van der Waals surface area contributed by atoms with E-state index in [1.165, 1.54) is 6.07 Å². The summed E-state index contributed by atoms with van der Waals surface area (Å²) in [6.07, 6.45) is -3.28. The van der Waals surface area contributed by atoms with Crippen LogP contribution in [0, 0.1) is 11.7 Å². The third kappa shape index (κ3) is 5.72. The largest absolute Gasteiger partial charge is 0.573 e. The molecule has 2 amide bonds. The van der Waals surface area contributed by atoms with Gasteiger partial charge in [-0.1, -0.05) is 18.2 Å². The minimum absolute atomic E-state index is 0.112. The van der Waals surface area contributed by atoms with Crippen molar-refractivity contribution in [1.29, 1.82) is 0 Å². The normalized spacial score (nSPS) is 22.3. The highest BCUT2D eigenvalue weighted by molar-refractivity contribution is 5.97. The summed E-state index contributed by atoms with van der Waals surface area (Å²) in [6, 6.07) is 3.47. The fourth-order valence-electron chi connectivity index (χ4n) is 5.47. The summed E-state index contributed by atoms with van der Waals surface area (Å²) in [5, 5.41) is 11.0. The first kappa shape index (κ1) is 29.3. The van der Waals surface area contributed by atoms with E-state index in [1.807, 2.05) is 12.2 Å². The lowest BCUT2D eigenvalue weighted by Crippen LogP contribution is -2.35. The van der Waals surface area contributed by atoms with Gasteiger partial charge in [0.15, 0.2) is 11.6 Å². The molecule has 0 saturated heterocycles. The van der Waals surface area contributed by atoms with Crippen LogP contribution in [0.3, 0.4) is 0 Å². The molecule has 3 aliphatic carbocycles. The average Bonchev–Trinajstić information content (AvgIpc) is 3.25. The van der Waals surface area contributed by atoms with Gasteiger partial charge in [-0.2, -0.15) is 13.2 Å². The molecule has 3 atom stereocenters. The smallest absolute Gasteiger partial charge is 0.403 e. The lowest BCUT2D eigenvalue weighted by Gasteiger charge is -2.20. The van der Waals surface area contributed by atoms with Crippen molar-refractivity contribution < 1.29 is 45.1 Å². The summed E-state index contributed by atoms with van der Waals surface area (Å²) in [5.41, 5.74) is 0.846. The van der Waals surface area contributed by atoms with Crippen molar-refractivity contribution in [1.82, 2.24) is 35.8 Å². The Kier molecular flexibility index (Phi) is 6.92. The first-order chi connectivity index (χ1) is 20.7. The van der Waals surface area contributed by atoms with Gasteiger partial charge in [-0.25, -0.2) is 19.3 Å². The van der Waals surface area contributed by atoms with E-state index in [4.69, 9.17) is 0 Å². The molecule has 230 valence electrons. The van der Waals surface area contributed by atoms with Gasteiger partial charge in [-0.15, -0.1) is 18.3 Å². The molecule has 2 heterocycles. The first-order valence-electron chi connectivity index (χ1n) is 13.1. The Labute approximate surface area is 242 Å². The lowest BCUT2D eigenvalue weighted by molar-refractivity contribution is -0.275. The highest BCUT2D eigenvalue weighted by Crippen LogP contribution is 2.60. The molecule has 10 nitrogen and oxygen atoms in total. The van der Waals surface area contributed by atoms with Crippen LogP contribution in [0.4, 0.5) is 30.7 Å². The fourth-order valence-corrected chi connectivity index (χ4v) is 5.47. The highest BCUT2D eigenvalue weighted by atomic mass is 19.4. The maximum absolute atomic E-state index is 13.7. The maximum Gasteiger partial charge on any atom is 0.573 e. The number of H-pyrrole nitrogens is 1. The van der Waals surface area contributed by atoms with Crippen molar-refractivity contribution in [2.24, 2.45) is 5.92 Å². The van der Waals surface area contributed by atoms with Gasteiger partial charge in [0, 0.05) is 12.6 Å². The SMILES string of the molecule is O=C(NCc1ccc(F)c(OC(F)(F)F)c1)c1cc(C(=O)N[C@@H]2CCC3=CC4(c5nc(C(F)(F)F)n[nH]5)C[C@H]4C=C32)ncn1. The van der Waals surface area contributed by atoms with Crippen molar-refractivity contribution in [2.75, 3.05) is 0 Å². The predicted octanol–water partition coefficient (Wildman–Crippen LogP) is 4.30. The molecular formula is C27H20F7N7O3. The molecule has 2 aromatic heterocycles. The van der Waals surface area contributed by atoms with Crippen molar-refractivity contribution in [3.8, 4) is 5.75 Å². The molecule has 3 N–H and O–H groups in total. The van der Waals surface area contributed by atoms with Crippen LogP contribution in [0.1, 0.15) is 57.5 Å². The number of hydrogen-bond acceptors (Lipinski definition) is 7. The average molecular weight is 623 g/mol. The lowest BCUT2D eigenvalue weighted by atomic mass is 9.90. The Bertz CT molecular complexity index is 1720. The van der Waals surface area contributed by atoms with Gasteiger partial charge in [0.05, 0.1) is 11.5 Å². The Morgan fingerprint density at radius 3 is 2.52 bits per heavy atom. The molecule has 3 aliphatic rings. The van der Waals surface area contributed by atoms with Gasteiger partial charge in [0.25, 0.3) is 17.6 Å². The van der Waals surface area contributed by atoms with E-state index in [-0.39, 0.29) is 35.2 Å². The van der Waals surface area contributed by atoms with E-state index in [1.54, 1.807) is 0 Å². The van der Waals surface area contributed by atoms with Crippen LogP contribution in [0.5, 0.6) is 5.75 Å². The van der Waals surface area contributed by atoms with E-state index in [0.29, 0.717) is 19.3 Å². The van der Waals surface area contributed by atoms with Crippen LogP contribution < -0.4 is 15.4 Å². The van der Waals surface area contributed by atoms with E-state index in [2.05, 4.69) is 40.5 Å². The number of hydrogen-bond donors (Lipinski definition) is 3. The van der Waals surface area contributed by atoms with Crippen LogP contribution >= 0.6 is 0 Å². The second kappa shape index (κ2) is 10.4. The maximum atomic E-state index is 13.7. The zero-order valence-corrected chi connectivity index (χ0v) is 22.2. The third-order valence-corrected chi connectivity index (χ3v) is 7.61. The topological polar surface area (TPSA) is 135 Å². The number of benzene rings is 1. The number of aromatic amines is 1. The molecule has 17 heteroatoms. The van der Waals surface area contributed by atoms with Crippen molar-refractivity contribution in [2.45, 2.75) is 49.8 Å². The Balaban J connectivity index is 1.09. The third-order valence-electron chi connectivity index (χ3n) is 7.61. The van der Waals surface area contributed by atoms with Gasteiger partial charge < -0.3 is 15.4 Å².